The summed E-state index contributed by atoms with van der Waals surface area (Å²) in [6.45, 7) is 3.84. The minimum Gasteiger partial charge on any atom is -0.492 e. The van der Waals surface area contributed by atoms with Gasteiger partial charge in [0.1, 0.15) is 11.3 Å². The molecule has 0 saturated heterocycles. The van der Waals surface area contributed by atoms with E-state index in [0.717, 1.165) is 0 Å². The zero-order valence-electron chi connectivity index (χ0n) is 11.0. The zero-order chi connectivity index (χ0) is 14.4. The van der Waals surface area contributed by atoms with Crippen molar-refractivity contribution in [2.75, 3.05) is 12.3 Å². The molecule has 1 amide bonds. The number of nitrogens with two attached hydrogens (primary N) is 1. The van der Waals surface area contributed by atoms with Gasteiger partial charge in [0.2, 0.25) is 5.91 Å². The molecule has 4 N–H and O–H groups in total. The smallest absolute Gasteiger partial charge is 0.339 e. The SMILES string of the molecule is CC(C)NC(=O)CCOc1ccc(N)cc1C(=O)O. The molecule has 0 heterocycles. The van der Waals surface area contributed by atoms with Crippen LogP contribution in [0.5, 0.6) is 5.75 Å². The maximum absolute atomic E-state index is 11.4. The molecule has 0 aliphatic carbocycles. The highest BCUT2D eigenvalue weighted by molar-refractivity contribution is 5.92. The molecular weight excluding hydrogens is 248 g/mol. The second kappa shape index (κ2) is 6.63. The van der Waals surface area contributed by atoms with Crippen LogP contribution in [0.3, 0.4) is 0 Å². The van der Waals surface area contributed by atoms with E-state index in [1.807, 2.05) is 13.8 Å². The summed E-state index contributed by atoms with van der Waals surface area (Å²) in [6, 6.07) is 4.43. The van der Waals surface area contributed by atoms with Crippen LogP contribution in [0, 0.1) is 0 Å². The molecule has 0 radical (unpaired) electrons. The van der Waals surface area contributed by atoms with Crippen LogP contribution in [0.25, 0.3) is 0 Å². The van der Waals surface area contributed by atoms with Crippen LogP contribution in [0.1, 0.15) is 30.6 Å². The largest absolute Gasteiger partial charge is 0.492 e. The fourth-order valence-corrected chi connectivity index (χ4v) is 1.49. The minimum absolute atomic E-state index is 0.00994. The van der Waals surface area contributed by atoms with Gasteiger partial charge in [-0.05, 0) is 32.0 Å². The number of benzene rings is 1. The van der Waals surface area contributed by atoms with Crippen molar-refractivity contribution in [3.63, 3.8) is 0 Å². The number of carboxylic acid groups (broad SMARTS) is 1. The Morgan fingerprint density at radius 1 is 1.42 bits per heavy atom. The number of hydrogen-bond donors (Lipinski definition) is 3. The topological polar surface area (TPSA) is 102 Å². The molecule has 1 aromatic rings. The second-order valence-electron chi connectivity index (χ2n) is 4.38. The van der Waals surface area contributed by atoms with Gasteiger partial charge in [0.05, 0.1) is 13.0 Å². The van der Waals surface area contributed by atoms with Gasteiger partial charge >= 0.3 is 5.97 Å². The summed E-state index contributed by atoms with van der Waals surface area (Å²) >= 11 is 0. The Balaban J connectivity index is 2.58. The molecule has 0 bridgehead atoms. The molecule has 6 nitrogen and oxygen atoms in total. The Bertz CT molecular complexity index is 472. The molecule has 0 spiro atoms. The number of rotatable bonds is 6. The normalized spacial score (nSPS) is 10.3. The van der Waals surface area contributed by atoms with Crippen LogP contribution in [0.4, 0.5) is 5.69 Å². The van der Waals surface area contributed by atoms with Crippen molar-refractivity contribution < 1.29 is 19.4 Å². The van der Waals surface area contributed by atoms with Crippen molar-refractivity contribution in [2.24, 2.45) is 0 Å². The number of hydrogen-bond acceptors (Lipinski definition) is 4. The molecule has 0 fully saturated rings. The number of ether oxygens (including phenoxy) is 1. The van der Waals surface area contributed by atoms with E-state index < -0.39 is 5.97 Å². The number of amides is 1. The van der Waals surface area contributed by atoms with E-state index in [-0.39, 0.29) is 36.3 Å². The molecule has 0 atom stereocenters. The summed E-state index contributed by atoms with van der Waals surface area (Å²) < 4.78 is 5.31. The summed E-state index contributed by atoms with van der Waals surface area (Å²) in [5, 5.41) is 11.7. The van der Waals surface area contributed by atoms with E-state index in [2.05, 4.69) is 5.32 Å². The van der Waals surface area contributed by atoms with Crippen LogP contribution < -0.4 is 15.8 Å². The third-order valence-corrected chi connectivity index (χ3v) is 2.27. The summed E-state index contributed by atoms with van der Waals surface area (Å²) in [6.07, 6.45) is 0.168. The maximum Gasteiger partial charge on any atom is 0.339 e. The van der Waals surface area contributed by atoms with E-state index in [1.54, 1.807) is 6.07 Å². The quantitative estimate of drug-likeness (QED) is 0.673. The zero-order valence-corrected chi connectivity index (χ0v) is 11.0. The van der Waals surface area contributed by atoms with E-state index in [4.69, 9.17) is 15.6 Å². The molecule has 0 aliphatic rings. The first-order valence-electron chi connectivity index (χ1n) is 5.95. The number of carbonyl (C=O) groups is 2. The lowest BCUT2D eigenvalue weighted by Crippen LogP contribution is -2.31. The van der Waals surface area contributed by atoms with Gasteiger partial charge in [0, 0.05) is 11.7 Å². The summed E-state index contributed by atoms with van der Waals surface area (Å²) in [4.78, 5) is 22.4. The van der Waals surface area contributed by atoms with Crippen LogP contribution in [-0.4, -0.2) is 29.6 Å². The predicted octanol–water partition coefficient (Wildman–Crippen LogP) is 1.26. The van der Waals surface area contributed by atoms with E-state index in [0.29, 0.717) is 5.69 Å². The number of anilines is 1. The summed E-state index contributed by atoms with van der Waals surface area (Å²) in [5.41, 5.74) is 5.85. The summed E-state index contributed by atoms with van der Waals surface area (Å²) in [5.74, 6) is -1.05. The first kappa shape index (κ1) is 14.8. The lowest BCUT2D eigenvalue weighted by atomic mass is 10.2. The number of nitrogen functional groups attached to an aromatic ring is 1. The Hall–Kier alpha value is -2.24. The number of carbonyl (C=O) groups excluding carboxylic acids is 1. The molecule has 104 valence electrons. The molecule has 19 heavy (non-hydrogen) atoms. The van der Waals surface area contributed by atoms with Crippen LogP contribution in [-0.2, 0) is 4.79 Å². The molecule has 0 saturated carbocycles. The number of nitrogens with one attached hydrogen (secondary N) is 1. The van der Waals surface area contributed by atoms with E-state index in [1.165, 1.54) is 12.1 Å². The monoisotopic (exact) mass is 266 g/mol. The van der Waals surface area contributed by atoms with Gasteiger partial charge in [0.25, 0.3) is 0 Å². The van der Waals surface area contributed by atoms with Gasteiger partial charge < -0.3 is 20.9 Å². The number of aromatic carboxylic acids is 1. The Kier molecular flexibility index (Phi) is 5.17. The third kappa shape index (κ3) is 4.87. The highest BCUT2D eigenvalue weighted by atomic mass is 16.5. The fraction of sp³-hybridized carbons (Fsp3) is 0.385. The second-order valence-corrected chi connectivity index (χ2v) is 4.38. The highest BCUT2D eigenvalue weighted by Gasteiger charge is 2.12. The van der Waals surface area contributed by atoms with Crippen LogP contribution >= 0.6 is 0 Å². The van der Waals surface area contributed by atoms with Gasteiger partial charge in [-0.25, -0.2) is 4.79 Å². The summed E-state index contributed by atoms with van der Waals surface area (Å²) in [7, 11) is 0. The molecular formula is C13H18N2O4. The molecule has 0 aliphatic heterocycles. The van der Waals surface area contributed by atoms with Crippen LogP contribution in [0.2, 0.25) is 0 Å². The van der Waals surface area contributed by atoms with Crippen molar-refractivity contribution >= 4 is 17.6 Å². The standard InChI is InChI=1S/C13H18N2O4/c1-8(2)15-12(16)5-6-19-11-4-3-9(14)7-10(11)13(17)18/h3-4,7-8H,5-6,14H2,1-2H3,(H,15,16)(H,17,18). The van der Waals surface area contributed by atoms with Crippen molar-refractivity contribution in [1.29, 1.82) is 0 Å². The van der Waals surface area contributed by atoms with E-state index in [9.17, 15) is 9.59 Å². The van der Waals surface area contributed by atoms with Crippen molar-refractivity contribution in [2.45, 2.75) is 26.3 Å². The van der Waals surface area contributed by atoms with Gasteiger partial charge in [-0.2, -0.15) is 0 Å². The van der Waals surface area contributed by atoms with Crippen molar-refractivity contribution in [3.8, 4) is 5.75 Å². The maximum atomic E-state index is 11.4. The van der Waals surface area contributed by atoms with Crippen molar-refractivity contribution in [1.82, 2.24) is 5.32 Å². The fourth-order valence-electron chi connectivity index (χ4n) is 1.49. The highest BCUT2D eigenvalue weighted by Crippen LogP contribution is 2.21. The molecule has 1 rings (SSSR count). The molecule has 1 aromatic carbocycles. The molecule has 6 heteroatoms. The van der Waals surface area contributed by atoms with Gasteiger partial charge in [0.15, 0.2) is 0 Å². The van der Waals surface area contributed by atoms with Crippen molar-refractivity contribution in [3.05, 3.63) is 23.8 Å². The number of carboxylic acids is 1. The first-order chi connectivity index (χ1) is 8.90. The first-order valence-corrected chi connectivity index (χ1v) is 5.95. The van der Waals surface area contributed by atoms with Gasteiger partial charge in [-0.1, -0.05) is 0 Å². The lowest BCUT2D eigenvalue weighted by Gasteiger charge is -2.11. The third-order valence-electron chi connectivity index (χ3n) is 2.27. The van der Waals surface area contributed by atoms with Gasteiger partial charge in [-0.15, -0.1) is 0 Å². The van der Waals surface area contributed by atoms with Crippen LogP contribution in [0.15, 0.2) is 18.2 Å². The predicted molar refractivity (Wildman–Crippen MR) is 71.2 cm³/mol. The Morgan fingerprint density at radius 2 is 2.11 bits per heavy atom. The Morgan fingerprint density at radius 3 is 2.68 bits per heavy atom. The minimum atomic E-state index is -1.12. The lowest BCUT2D eigenvalue weighted by molar-refractivity contribution is -0.122. The average Bonchev–Trinajstić information content (AvgIpc) is 2.29. The molecule has 0 unspecified atom stereocenters. The van der Waals surface area contributed by atoms with E-state index >= 15 is 0 Å². The average molecular weight is 266 g/mol. The molecule has 0 aromatic heterocycles. The van der Waals surface area contributed by atoms with Gasteiger partial charge in [-0.3, -0.25) is 4.79 Å². The Labute approximate surface area is 111 Å².